The molecule has 0 aliphatic heterocycles. The van der Waals surface area contributed by atoms with E-state index in [0.29, 0.717) is 62.8 Å². The number of hydrogen-bond donors (Lipinski definition) is 0. The zero-order chi connectivity index (χ0) is 36.4. The fourth-order valence-electron chi connectivity index (χ4n) is 5.13. The molecule has 50 heavy (non-hydrogen) atoms. The van der Waals surface area contributed by atoms with Crippen LogP contribution in [0, 0.1) is 5.92 Å². The third-order valence-electron chi connectivity index (χ3n) is 8.04. The Kier molecular flexibility index (Phi) is 21.3. The van der Waals surface area contributed by atoms with E-state index in [0.717, 1.165) is 76.0 Å². The second kappa shape index (κ2) is 25.5. The maximum Gasteiger partial charge on any atom is 0.343 e. The van der Waals surface area contributed by atoms with Gasteiger partial charge in [-0.3, -0.25) is 4.79 Å². The lowest BCUT2D eigenvalue weighted by Crippen LogP contribution is -2.29. The molecule has 1 aromatic rings. The third kappa shape index (κ3) is 18.4. The number of unbranched alkanes of at least 4 members (excludes halogenated alkanes) is 6. The minimum Gasteiger partial charge on any atom is -0.499 e. The van der Waals surface area contributed by atoms with Crippen molar-refractivity contribution in [3.63, 3.8) is 0 Å². The predicted octanol–water partition coefficient (Wildman–Crippen LogP) is 8.07. The molecule has 0 radical (unpaired) electrons. The fourth-order valence-corrected chi connectivity index (χ4v) is 5.13. The minimum atomic E-state index is -0.541. The summed E-state index contributed by atoms with van der Waals surface area (Å²) in [5, 5.41) is 0. The molecule has 0 bridgehead atoms. The number of rotatable bonds is 25. The summed E-state index contributed by atoms with van der Waals surface area (Å²) >= 11 is 0. The Labute approximate surface area is 297 Å². The van der Waals surface area contributed by atoms with Gasteiger partial charge in [0.1, 0.15) is 11.5 Å². The van der Waals surface area contributed by atoms with Crippen molar-refractivity contribution < 1.29 is 47.6 Å². The lowest BCUT2D eigenvalue weighted by atomic mass is 9.87. The number of benzene rings is 1. The minimum absolute atomic E-state index is 0.153. The second-order valence-corrected chi connectivity index (χ2v) is 12.0. The van der Waals surface area contributed by atoms with Crippen LogP contribution in [0.1, 0.15) is 90.4 Å². The summed E-state index contributed by atoms with van der Waals surface area (Å²) in [7, 11) is 0. The van der Waals surface area contributed by atoms with Crippen molar-refractivity contribution in [2.45, 2.75) is 96.5 Å². The first kappa shape index (κ1) is 41.7. The van der Waals surface area contributed by atoms with Crippen LogP contribution in [-0.4, -0.2) is 56.4 Å². The van der Waals surface area contributed by atoms with Crippen LogP contribution in [0.25, 0.3) is 0 Å². The van der Waals surface area contributed by atoms with Crippen LogP contribution in [0.3, 0.4) is 0 Å². The van der Waals surface area contributed by atoms with E-state index in [1.54, 1.807) is 30.3 Å². The Morgan fingerprint density at radius 3 is 1.66 bits per heavy atom. The maximum atomic E-state index is 12.8. The predicted molar refractivity (Wildman–Crippen MR) is 191 cm³/mol. The molecule has 1 aliphatic carbocycles. The Morgan fingerprint density at radius 1 is 0.640 bits per heavy atom. The largest absolute Gasteiger partial charge is 0.499 e. The van der Waals surface area contributed by atoms with Gasteiger partial charge in [0.05, 0.1) is 43.2 Å². The highest BCUT2D eigenvalue weighted by Gasteiger charge is 2.28. The molecule has 1 aromatic carbocycles. The van der Waals surface area contributed by atoms with Crippen LogP contribution in [-0.2, 0) is 38.1 Å². The van der Waals surface area contributed by atoms with Crippen molar-refractivity contribution in [2.24, 2.45) is 5.92 Å². The number of esters is 4. The maximum absolute atomic E-state index is 12.8. The molecule has 1 fully saturated rings. The molecular formula is C40H54O10. The quantitative estimate of drug-likeness (QED) is 0.0248. The van der Waals surface area contributed by atoms with E-state index in [1.165, 1.54) is 12.2 Å². The van der Waals surface area contributed by atoms with Gasteiger partial charge in [0.25, 0.3) is 0 Å². The Morgan fingerprint density at radius 2 is 1.14 bits per heavy atom. The summed E-state index contributed by atoms with van der Waals surface area (Å²) in [6.07, 6.45) is 18.4. The molecule has 1 aliphatic rings. The van der Waals surface area contributed by atoms with Crippen molar-refractivity contribution in [2.75, 3.05) is 26.4 Å². The average Bonchev–Trinajstić information content (AvgIpc) is 3.12. The molecule has 0 amide bonds. The van der Waals surface area contributed by atoms with E-state index in [-0.39, 0.29) is 24.0 Å². The summed E-state index contributed by atoms with van der Waals surface area (Å²) in [5.41, 5.74) is 0.324. The van der Waals surface area contributed by atoms with Gasteiger partial charge in [0.15, 0.2) is 0 Å². The van der Waals surface area contributed by atoms with Crippen molar-refractivity contribution in [3.05, 3.63) is 85.7 Å². The molecule has 0 unspecified atom stereocenters. The lowest BCUT2D eigenvalue weighted by molar-refractivity contribution is -0.141. The van der Waals surface area contributed by atoms with Gasteiger partial charge in [-0.15, -0.1) is 0 Å². The summed E-state index contributed by atoms with van der Waals surface area (Å²) < 4.78 is 32.8. The SMILES string of the molecule is C=CC(=O)OCCCCCCO/C(C)=C/CC=C(C=C)C(=O)Oc1ccc(OC(=O)C2CCC(OCCCCCCOC(=O)C=C)CC2)cc1. The molecule has 274 valence electrons. The van der Waals surface area contributed by atoms with Crippen molar-refractivity contribution in [1.29, 1.82) is 0 Å². The molecule has 0 atom stereocenters. The van der Waals surface area contributed by atoms with Crippen molar-refractivity contribution in [1.82, 2.24) is 0 Å². The number of allylic oxidation sites excluding steroid dienone is 3. The molecule has 0 N–H and O–H groups in total. The number of ether oxygens (including phenoxy) is 6. The van der Waals surface area contributed by atoms with Gasteiger partial charge in [-0.25, -0.2) is 14.4 Å². The van der Waals surface area contributed by atoms with E-state index in [9.17, 15) is 19.2 Å². The molecule has 10 heteroatoms. The number of hydrogen-bond acceptors (Lipinski definition) is 10. The van der Waals surface area contributed by atoms with Crippen LogP contribution < -0.4 is 9.47 Å². The number of carbonyl (C=O) groups is 4. The second-order valence-electron chi connectivity index (χ2n) is 12.0. The highest BCUT2D eigenvalue weighted by atomic mass is 16.5. The standard InChI is InChI=1S/C40H54O10/c1-5-32(18-16-17-31(4)45-27-12-8-10-14-29-47-37(41)6-2)39(43)49-35-23-25-36(26-24-35)50-40(44)33-19-21-34(22-20-33)46-28-13-9-11-15-30-48-38(42)7-3/h5-7,17-18,23-26,33-34H,1-3,8-16,19-22,27-30H2,4H3/b31-17+,32-18?. The average molecular weight is 695 g/mol. The normalized spacial score (nSPS) is 16.1. The molecule has 10 nitrogen and oxygen atoms in total. The summed E-state index contributed by atoms with van der Waals surface area (Å²) in [4.78, 5) is 47.5. The summed E-state index contributed by atoms with van der Waals surface area (Å²) in [5.74, 6) is -0.297. The molecule has 1 saturated carbocycles. The lowest BCUT2D eigenvalue weighted by Gasteiger charge is -2.27. The zero-order valence-electron chi connectivity index (χ0n) is 29.6. The van der Waals surface area contributed by atoms with Gasteiger partial charge in [-0.05, 0) is 114 Å². The smallest absolute Gasteiger partial charge is 0.343 e. The summed E-state index contributed by atoms with van der Waals surface area (Å²) in [6, 6.07) is 6.39. The highest BCUT2D eigenvalue weighted by Crippen LogP contribution is 2.29. The van der Waals surface area contributed by atoms with E-state index < -0.39 is 11.9 Å². The first-order chi connectivity index (χ1) is 24.2. The Balaban J connectivity index is 1.62. The summed E-state index contributed by atoms with van der Waals surface area (Å²) in [6.45, 7) is 14.4. The van der Waals surface area contributed by atoms with Crippen molar-refractivity contribution in [3.8, 4) is 11.5 Å². The van der Waals surface area contributed by atoms with E-state index in [1.807, 2.05) is 13.0 Å². The topological polar surface area (TPSA) is 124 Å². The van der Waals surface area contributed by atoms with Gasteiger partial charge < -0.3 is 28.4 Å². The van der Waals surface area contributed by atoms with Crippen LogP contribution in [0.2, 0.25) is 0 Å². The molecule has 0 aromatic heterocycles. The van der Waals surface area contributed by atoms with Gasteiger partial charge in [0, 0.05) is 18.8 Å². The van der Waals surface area contributed by atoms with Gasteiger partial charge >= 0.3 is 23.9 Å². The van der Waals surface area contributed by atoms with Crippen LogP contribution in [0.5, 0.6) is 11.5 Å². The van der Waals surface area contributed by atoms with Gasteiger partial charge in [-0.1, -0.05) is 38.3 Å². The molecule has 0 heterocycles. The van der Waals surface area contributed by atoms with Gasteiger partial charge in [-0.2, -0.15) is 0 Å². The number of carbonyl (C=O) groups excluding carboxylic acids is 4. The third-order valence-corrected chi connectivity index (χ3v) is 8.04. The van der Waals surface area contributed by atoms with E-state index in [2.05, 4.69) is 19.7 Å². The van der Waals surface area contributed by atoms with Crippen LogP contribution in [0.4, 0.5) is 0 Å². The first-order valence-electron chi connectivity index (χ1n) is 17.6. The Hall–Kier alpha value is -4.44. The van der Waals surface area contributed by atoms with Crippen LogP contribution >= 0.6 is 0 Å². The fraction of sp³-hybridized carbons (Fsp3) is 0.500. The van der Waals surface area contributed by atoms with E-state index in [4.69, 9.17) is 28.4 Å². The molecule has 0 spiro atoms. The molecule has 0 saturated heterocycles. The Bertz CT molecular complexity index is 1290. The van der Waals surface area contributed by atoms with Crippen LogP contribution in [0.15, 0.2) is 85.7 Å². The molecule has 2 rings (SSSR count). The zero-order valence-corrected chi connectivity index (χ0v) is 29.6. The van der Waals surface area contributed by atoms with Gasteiger partial charge in [0.2, 0.25) is 0 Å². The highest BCUT2D eigenvalue weighted by molar-refractivity contribution is 5.93. The monoisotopic (exact) mass is 694 g/mol. The van der Waals surface area contributed by atoms with Crippen molar-refractivity contribution >= 4 is 23.9 Å². The van der Waals surface area contributed by atoms with E-state index >= 15 is 0 Å². The first-order valence-corrected chi connectivity index (χ1v) is 17.6. The molecular weight excluding hydrogens is 640 g/mol.